The van der Waals surface area contributed by atoms with E-state index in [0.717, 1.165) is 21.8 Å². The van der Waals surface area contributed by atoms with Gasteiger partial charge in [-0.2, -0.15) is 0 Å². The molecule has 1 heterocycles. The number of nitrogens with zero attached hydrogens (tertiary/aromatic N) is 3. The van der Waals surface area contributed by atoms with E-state index in [1.807, 2.05) is 31.4 Å². The van der Waals surface area contributed by atoms with Gasteiger partial charge in [0.05, 0.1) is 11.9 Å². The molecule has 1 unspecified atom stereocenters. The highest BCUT2D eigenvalue weighted by Crippen LogP contribution is 2.26. The lowest BCUT2D eigenvalue weighted by molar-refractivity contribution is 0.0993. The number of carbonyl (C=O) groups excluding carboxylic acids is 1. The third-order valence-corrected chi connectivity index (χ3v) is 4.97. The topological polar surface area (TPSA) is 57.0 Å². The third kappa shape index (κ3) is 4.20. The van der Waals surface area contributed by atoms with Crippen LogP contribution in [0.3, 0.4) is 0 Å². The molecule has 0 aliphatic carbocycles. The molecule has 5 nitrogen and oxygen atoms in total. The van der Waals surface area contributed by atoms with Crippen LogP contribution >= 0.6 is 11.8 Å². The Bertz CT molecular complexity index is 697. The lowest BCUT2D eigenvalue weighted by Gasteiger charge is -2.14. The second-order valence-electron chi connectivity index (χ2n) is 5.68. The maximum Gasteiger partial charge on any atom is 0.191 e. The average Bonchev–Trinajstić information content (AvgIpc) is 2.95. The van der Waals surface area contributed by atoms with E-state index in [1.165, 1.54) is 17.3 Å². The number of hydrogen-bond donors (Lipinski definition) is 0. The highest BCUT2D eigenvalue weighted by Gasteiger charge is 2.21. The van der Waals surface area contributed by atoms with Gasteiger partial charge in [0.15, 0.2) is 10.9 Å². The highest BCUT2D eigenvalue weighted by atomic mass is 32.2. The van der Waals surface area contributed by atoms with E-state index < -0.39 is 0 Å². The molecule has 0 saturated heterocycles. The fourth-order valence-electron chi connectivity index (χ4n) is 2.34. The van der Waals surface area contributed by atoms with Crippen molar-refractivity contribution in [2.75, 3.05) is 13.7 Å². The van der Waals surface area contributed by atoms with Crippen LogP contribution in [0.15, 0.2) is 23.6 Å². The van der Waals surface area contributed by atoms with Crippen molar-refractivity contribution in [3.63, 3.8) is 0 Å². The van der Waals surface area contributed by atoms with Crippen molar-refractivity contribution in [3.8, 4) is 0 Å². The molecule has 2 rings (SSSR count). The van der Waals surface area contributed by atoms with E-state index >= 15 is 0 Å². The minimum atomic E-state index is -0.221. The molecule has 1 aromatic carbocycles. The molecule has 0 saturated carbocycles. The van der Waals surface area contributed by atoms with Gasteiger partial charge in [0.25, 0.3) is 0 Å². The summed E-state index contributed by atoms with van der Waals surface area (Å²) in [6.07, 6.45) is 1.67. The zero-order valence-corrected chi connectivity index (χ0v) is 15.1. The van der Waals surface area contributed by atoms with Crippen LogP contribution < -0.4 is 0 Å². The fourth-order valence-corrected chi connectivity index (χ4v) is 3.25. The number of aryl methyl sites for hydroxylation is 3. The normalized spacial score (nSPS) is 12.4. The molecule has 0 bridgehead atoms. The minimum absolute atomic E-state index is 0.122. The Morgan fingerprint density at radius 1 is 1.26 bits per heavy atom. The Morgan fingerprint density at radius 2 is 1.96 bits per heavy atom. The van der Waals surface area contributed by atoms with E-state index in [1.54, 1.807) is 13.4 Å². The van der Waals surface area contributed by atoms with Gasteiger partial charge in [0.2, 0.25) is 0 Å². The number of rotatable bonds is 7. The lowest BCUT2D eigenvalue weighted by atomic mass is 9.97. The summed E-state index contributed by atoms with van der Waals surface area (Å²) in [5.74, 6) is 0.122. The summed E-state index contributed by atoms with van der Waals surface area (Å²) in [6, 6.07) is 4.06. The standard InChI is InChI=1S/C17H23N3O2S/c1-11-8-13(3)15(9-12(11)2)16(21)14(4)23-17-19-18-10-20(17)6-7-22-5/h8-10,14H,6-7H2,1-5H3. The van der Waals surface area contributed by atoms with Gasteiger partial charge < -0.3 is 9.30 Å². The Hall–Kier alpha value is -1.66. The number of Topliss-reactive ketones (excluding diaryl/α,β-unsaturated/α-hetero) is 1. The number of methoxy groups -OCH3 is 1. The molecular formula is C17H23N3O2S. The van der Waals surface area contributed by atoms with Crippen LogP contribution in [-0.2, 0) is 11.3 Å². The molecule has 6 heteroatoms. The molecule has 0 aliphatic heterocycles. The van der Waals surface area contributed by atoms with Crippen LogP contribution in [0.4, 0.5) is 0 Å². The van der Waals surface area contributed by atoms with E-state index in [0.29, 0.717) is 13.2 Å². The largest absolute Gasteiger partial charge is 0.383 e. The number of benzene rings is 1. The summed E-state index contributed by atoms with van der Waals surface area (Å²) in [7, 11) is 1.66. The molecule has 2 aromatic rings. The zero-order valence-electron chi connectivity index (χ0n) is 14.3. The lowest BCUT2D eigenvalue weighted by Crippen LogP contribution is -2.16. The van der Waals surface area contributed by atoms with E-state index in [4.69, 9.17) is 4.74 Å². The second-order valence-corrected chi connectivity index (χ2v) is 6.98. The first-order valence-corrected chi connectivity index (χ1v) is 8.47. The number of carbonyl (C=O) groups is 1. The first-order valence-electron chi connectivity index (χ1n) is 7.59. The molecule has 1 atom stereocenters. The first-order chi connectivity index (χ1) is 10.9. The molecule has 0 fully saturated rings. The average molecular weight is 333 g/mol. The van der Waals surface area contributed by atoms with E-state index in [9.17, 15) is 4.79 Å². The number of ketones is 1. The summed E-state index contributed by atoms with van der Waals surface area (Å²) in [5, 5.41) is 8.56. The van der Waals surface area contributed by atoms with Crippen LogP contribution in [0.25, 0.3) is 0 Å². The monoisotopic (exact) mass is 333 g/mol. The van der Waals surface area contributed by atoms with Gasteiger partial charge in [-0.25, -0.2) is 0 Å². The fraction of sp³-hybridized carbons (Fsp3) is 0.471. The molecular weight excluding hydrogens is 310 g/mol. The van der Waals surface area contributed by atoms with Crippen LogP contribution in [0.2, 0.25) is 0 Å². The summed E-state index contributed by atoms with van der Waals surface area (Å²) < 4.78 is 6.99. The minimum Gasteiger partial charge on any atom is -0.383 e. The Morgan fingerprint density at radius 3 is 2.65 bits per heavy atom. The molecule has 1 aromatic heterocycles. The quantitative estimate of drug-likeness (QED) is 0.575. The van der Waals surface area contributed by atoms with Gasteiger partial charge in [-0.15, -0.1) is 10.2 Å². The number of thioether (sulfide) groups is 1. The van der Waals surface area contributed by atoms with Gasteiger partial charge >= 0.3 is 0 Å². The van der Waals surface area contributed by atoms with Crippen LogP contribution in [0.5, 0.6) is 0 Å². The highest BCUT2D eigenvalue weighted by molar-refractivity contribution is 8.00. The van der Waals surface area contributed by atoms with Gasteiger partial charge in [0.1, 0.15) is 6.33 Å². The van der Waals surface area contributed by atoms with Crippen LogP contribution in [-0.4, -0.2) is 39.5 Å². The zero-order chi connectivity index (χ0) is 17.0. The maximum atomic E-state index is 12.8. The van der Waals surface area contributed by atoms with Crippen LogP contribution in [0, 0.1) is 20.8 Å². The summed E-state index contributed by atoms with van der Waals surface area (Å²) in [6.45, 7) is 9.26. The molecule has 0 radical (unpaired) electrons. The summed E-state index contributed by atoms with van der Waals surface area (Å²) in [4.78, 5) is 12.8. The molecule has 0 aliphatic rings. The predicted octanol–water partition coefficient (Wildman–Crippen LogP) is 3.21. The van der Waals surface area contributed by atoms with E-state index in [-0.39, 0.29) is 11.0 Å². The smallest absolute Gasteiger partial charge is 0.191 e. The van der Waals surface area contributed by atoms with Crippen molar-refractivity contribution in [1.82, 2.24) is 14.8 Å². The van der Waals surface area contributed by atoms with Crippen molar-refractivity contribution in [2.45, 2.75) is 44.6 Å². The van der Waals surface area contributed by atoms with Crippen molar-refractivity contribution in [3.05, 3.63) is 40.7 Å². The van der Waals surface area contributed by atoms with Gasteiger partial charge in [-0.3, -0.25) is 4.79 Å². The molecule has 0 amide bonds. The van der Waals surface area contributed by atoms with Gasteiger partial charge in [-0.1, -0.05) is 17.8 Å². The van der Waals surface area contributed by atoms with Crippen molar-refractivity contribution in [2.24, 2.45) is 0 Å². The molecule has 124 valence electrons. The van der Waals surface area contributed by atoms with Gasteiger partial charge in [0, 0.05) is 19.2 Å². The van der Waals surface area contributed by atoms with Gasteiger partial charge in [-0.05, 0) is 50.5 Å². The summed E-state index contributed by atoms with van der Waals surface area (Å²) in [5.41, 5.74) is 4.15. The Labute approximate surface area is 141 Å². The van der Waals surface area contributed by atoms with E-state index in [2.05, 4.69) is 23.2 Å². The second kappa shape index (κ2) is 7.75. The van der Waals surface area contributed by atoms with Crippen molar-refractivity contribution >= 4 is 17.5 Å². The predicted molar refractivity (Wildman–Crippen MR) is 92.2 cm³/mol. The Kier molecular flexibility index (Phi) is 5.96. The Balaban J connectivity index is 2.15. The van der Waals surface area contributed by atoms with Crippen molar-refractivity contribution < 1.29 is 9.53 Å². The summed E-state index contributed by atoms with van der Waals surface area (Å²) >= 11 is 1.43. The number of aromatic nitrogens is 3. The SMILES string of the molecule is COCCn1cnnc1SC(C)C(=O)c1cc(C)c(C)cc1C. The number of ether oxygens (including phenoxy) is 1. The van der Waals surface area contributed by atoms with Crippen LogP contribution in [0.1, 0.15) is 34.0 Å². The molecule has 0 N–H and O–H groups in total. The molecule has 23 heavy (non-hydrogen) atoms. The third-order valence-electron chi connectivity index (χ3n) is 3.87. The molecule has 0 spiro atoms. The first kappa shape index (κ1) is 17.7. The maximum absolute atomic E-state index is 12.8. The van der Waals surface area contributed by atoms with Crippen molar-refractivity contribution in [1.29, 1.82) is 0 Å². The number of hydrogen-bond acceptors (Lipinski definition) is 5.